The summed E-state index contributed by atoms with van der Waals surface area (Å²) in [5, 5.41) is 10.7. The Balaban J connectivity index is 2.81. The fraction of sp³-hybridized carbons (Fsp3) is 0.0909. The number of aliphatic hydroxyl groups excluding tert-OH is 1. The summed E-state index contributed by atoms with van der Waals surface area (Å²) in [6, 6.07) is 10.3. The molecule has 0 aliphatic carbocycles. The first kappa shape index (κ1) is 8.20. The fourth-order valence-corrected chi connectivity index (χ4v) is 1.48. The highest BCUT2D eigenvalue weighted by atomic mass is 19.1. The van der Waals surface area contributed by atoms with Crippen molar-refractivity contribution in [2.45, 2.75) is 6.61 Å². The van der Waals surface area contributed by atoms with E-state index < -0.39 is 0 Å². The monoisotopic (exact) mass is 176 g/mol. The Kier molecular flexibility index (Phi) is 1.99. The number of hydrogen-bond donors (Lipinski definition) is 1. The molecule has 1 N–H and O–H groups in total. The van der Waals surface area contributed by atoms with Gasteiger partial charge in [0.2, 0.25) is 0 Å². The van der Waals surface area contributed by atoms with Gasteiger partial charge in [0.1, 0.15) is 5.82 Å². The smallest absolute Gasteiger partial charge is 0.124 e. The molecule has 13 heavy (non-hydrogen) atoms. The Morgan fingerprint density at radius 3 is 2.69 bits per heavy atom. The van der Waals surface area contributed by atoms with E-state index >= 15 is 0 Å². The van der Waals surface area contributed by atoms with Gasteiger partial charge in [-0.15, -0.1) is 0 Å². The first-order chi connectivity index (χ1) is 6.31. The molecule has 0 unspecified atom stereocenters. The van der Waals surface area contributed by atoms with Crippen LogP contribution in [0.3, 0.4) is 0 Å². The molecule has 2 aromatic carbocycles. The second-order valence-electron chi connectivity index (χ2n) is 2.94. The van der Waals surface area contributed by atoms with E-state index in [4.69, 9.17) is 5.11 Å². The summed E-state index contributed by atoms with van der Waals surface area (Å²) >= 11 is 0. The van der Waals surface area contributed by atoms with Crippen molar-refractivity contribution in [2.75, 3.05) is 0 Å². The number of hydrogen-bond acceptors (Lipinski definition) is 1. The van der Waals surface area contributed by atoms with Crippen LogP contribution in [-0.2, 0) is 6.61 Å². The molecule has 0 heterocycles. The maximum atomic E-state index is 13.0. The minimum atomic E-state index is -0.303. The van der Waals surface area contributed by atoms with Crippen molar-refractivity contribution in [3.05, 3.63) is 47.8 Å². The van der Waals surface area contributed by atoms with Crippen LogP contribution in [-0.4, -0.2) is 5.11 Å². The van der Waals surface area contributed by atoms with Crippen LogP contribution in [0, 0.1) is 5.82 Å². The van der Waals surface area contributed by atoms with Crippen LogP contribution in [0.5, 0.6) is 0 Å². The minimum Gasteiger partial charge on any atom is -0.392 e. The van der Waals surface area contributed by atoms with E-state index in [2.05, 4.69) is 0 Å². The summed E-state index contributed by atoms with van der Waals surface area (Å²) in [5.41, 5.74) is 0.635. The van der Waals surface area contributed by atoms with Gasteiger partial charge in [0.25, 0.3) is 0 Å². The van der Waals surface area contributed by atoms with Gasteiger partial charge in [-0.2, -0.15) is 0 Å². The van der Waals surface area contributed by atoms with Gasteiger partial charge in [-0.1, -0.05) is 24.3 Å². The Morgan fingerprint density at radius 1 is 1.15 bits per heavy atom. The van der Waals surface area contributed by atoms with E-state index in [1.807, 2.05) is 24.3 Å². The zero-order chi connectivity index (χ0) is 9.26. The molecule has 0 radical (unpaired) electrons. The quantitative estimate of drug-likeness (QED) is 0.707. The van der Waals surface area contributed by atoms with Crippen LogP contribution in [0.2, 0.25) is 0 Å². The van der Waals surface area contributed by atoms with Crippen molar-refractivity contribution >= 4 is 10.8 Å². The van der Waals surface area contributed by atoms with Crippen molar-refractivity contribution < 1.29 is 9.50 Å². The second kappa shape index (κ2) is 3.15. The predicted octanol–water partition coefficient (Wildman–Crippen LogP) is 2.47. The molecule has 0 saturated carbocycles. The highest BCUT2D eigenvalue weighted by Crippen LogP contribution is 2.20. The van der Waals surface area contributed by atoms with Gasteiger partial charge in [0.05, 0.1) is 6.61 Å². The summed E-state index contributed by atoms with van der Waals surface area (Å²) in [7, 11) is 0. The SMILES string of the molecule is OCc1cc(F)cc2ccccc12. The summed E-state index contributed by atoms with van der Waals surface area (Å²) < 4.78 is 13.0. The van der Waals surface area contributed by atoms with E-state index in [0.29, 0.717) is 5.56 Å². The molecule has 0 aromatic heterocycles. The van der Waals surface area contributed by atoms with Gasteiger partial charge < -0.3 is 5.11 Å². The van der Waals surface area contributed by atoms with Crippen LogP contribution in [0.15, 0.2) is 36.4 Å². The van der Waals surface area contributed by atoms with E-state index in [9.17, 15) is 4.39 Å². The van der Waals surface area contributed by atoms with E-state index in [-0.39, 0.29) is 12.4 Å². The van der Waals surface area contributed by atoms with Crippen molar-refractivity contribution in [1.29, 1.82) is 0 Å². The third-order valence-corrected chi connectivity index (χ3v) is 2.08. The van der Waals surface area contributed by atoms with Crippen molar-refractivity contribution in [3.8, 4) is 0 Å². The Morgan fingerprint density at radius 2 is 1.92 bits per heavy atom. The molecule has 0 aliphatic rings. The third-order valence-electron chi connectivity index (χ3n) is 2.08. The number of halogens is 1. The topological polar surface area (TPSA) is 20.2 Å². The van der Waals surface area contributed by atoms with Gasteiger partial charge in [-0.3, -0.25) is 0 Å². The van der Waals surface area contributed by atoms with Gasteiger partial charge in [0, 0.05) is 0 Å². The molecule has 0 saturated heterocycles. The minimum absolute atomic E-state index is 0.127. The summed E-state index contributed by atoms with van der Waals surface area (Å²) in [5.74, 6) is -0.303. The molecule has 2 aromatic rings. The highest BCUT2D eigenvalue weighted by Gasteiger charge is 2.01. The summed E-state index contributed by atoms with van der Waals surface area (Å²) in [6.07, 6.45) is 0. The van der Waals surface area contributed by atoms with Crippen LogP contribution >= 0.6 is 0 Å². The largest absolute Gasteiger partial charge is 0.392 e. The maximum Gasteiger partial charge on any atom is 0.124 e. The first-order valence-corrected chi connectivity index (χ1v) is 4.09. The lowest BCUT2D eigenvalue weighted by atomic mass is 10.1. The highest BCUT2D eigenvalue weighted by molar-refractivity contribution is 5.85. The number of aliphatic hydroxyl groups is 1. The van der Waals surface area contributed by atoms with Crippen LogP contribution in [0.1, 0.15) is 5.56 Å². The molecule has 0 atom stereocenters. The molecule has 1 nitrogen and oxygen atoms in total. The maximum absolute atomic E-state index is 13.0. The van der Waals surface area contributed by atoms with Crippen LogP contribution < -0.4 is 0 Å². The lowest BCUT2D eigenvalue weighted by molar-refractivity contribution is 0.283. The molecule has 0 spiro atoms. The summed E-state index contributed by atoms with van der Waals surface area (Å²) in [6.45, 7) is -0.127. The molecule has 0 amide bonds. The number of fused-ring (bicyclic) bond motifs is 1. The molecule has 0 fully saturated rings. The molecule has 0 aliphatic heterocycles. The average molecular weight is 176 g/mol. The summed E-state index contributed by atoms with van der Waals surface area (Å²) in [4.78, 5) is 0. The number of rotatable bonds is 1. The van der Waals surface area contributed by atoms with E-state index in [1.165, 1.54) is 12.1 Å². The Bertz CT molecular complexity index is 437. The second-order valence-corrected chi connectivity index (χ2v) is 2.94. The molecule has 2 rings (SSSR count). The Labute approximate surface area is 75.4 Å². The lowest BCUT2D eigenvalue weighted by Crippen LogP contribution is -1.87. The van der Waals surface area contributed by atoms with E-state index in [0.717, 1.165) is 10.8 Å². The van der Waals surface area contributed by atoms with Crippen LogP contribution in [0.25, 0.3) is 10.8 Å². The van der Waals surface area contributed by atoms with Crippen LogP contribution in [0.4, 0.5) is 4.39 Å². The standard InChI is InChI=1S/C11H9FO/c12-10-5-8-3-1-2-4-11(8)9(6-10)7-13/h1-6,13H,7H2. The van der Waals surface area contributed by atoms with Gasteiger partial charge >= 0.3 is 0 Å². The molecular formula is C11H9FO. The average Bonchev–Trinajstić information content (AvgIpc) is 2.16. The molecule has 2 heteroatoms. The van der Waals surface area contributed by atoms with Gasteiger partial charge in [0.15, 0.2) is 0 Å². The first-order valence-electron chi connectivity index (χ1n) is 4.09. The zero-order valence-electron chi connectivity index (χ0n) is 7.00. The van der Waals surface area contributed by atoms with Gasteiger partial charge in [-0.05, 0) is 28.5 Å². The Hall–Kier alpha value is -1.41. The lowest BCUT2D eigenvalue weighted by Gasteiger charge is -2.03. The normalized spacial score (nSPS) is 10.6. The molecule has 66 valence electrons. The fourth-order valence-electron chi connectivity index (χ4n) is 1.48. The predicted molar refractivity (Wildman–Crippen MR) is 49.8 cm³/mol. The van der Waals surface area contributed by atoms with E-state index in [1.54, 1.807) is 0 Å². The van der Waals surface area contributed by atoms with Crippen molar-refractivity contribution in [2.24, 2.45) is 0 Å². The zero-order valence-corrected chi connectivity index (χ0v) is 7.00. The third kappa shape index (κ3) is 1.40. The van der Waals surface area contributed by atoms with Crippen molar-refractivity contribution in [1.82, 2.24) is 0 Å². The van der Waals surface area contributed by atoms with Crippen molar-refractivity contribution in [3.63, 3.8) is 0 Å². The molecular weight excluding hydrogens is 167 g/mol. The molecule has 0 bridgehead atoms. The van der Waals surface area contributed by atoms with Gasteiger partial charge in [-0.25, -0.2) is 4.39 Å². The number of benzene rings is 2.